The number of carbonyl (C=O) groups is 1. The molecular formula is C22H20ClF3N4O2. The molecule has 0 radical (unpaired) electrons. The SMILES string of the molecule is O=C(NCC1CCC(c2nnc(-c3ccc(Cl)cc3)o2)CC1)c1ccc(C(F)(F)F)nc1. The molecule has 0 bridgehead atoms. The fourth-order valence-corrected chi connectivity index (χ4v) is 3.88. The molecular weight excluding hydrogens is 445 g/mol. The van der Waals surface area contributed by atoms with Crippen molar-refractivity contribution in [3.63, 3.8) is 0 Å². The Labute approximate surface area is 187 Å². The van der Waals surface area contributed by atoms with Crippen LogP contribution in [0.2, 0.25) is 5.02 Å². The topological polar surface area (TPSA) is 80.9 Å². The lowest BCUT2D eigenvalue weighted by molar-refractivity contribution is -0.141. The summed E-state index contributed by atoms with van der Waals surface area (Å²) in [6, 6.07) is 9.12. The Morgan fingerprint density at radius 3 is 2.41 bits per heavy atom. The third-order valence-corrected chi connectivity index (χ3v) is 5.85. The highest BCUT2D eigenvalue weighted by Crippen LogP contribution is 2.36. The molecule has 32 heavy (non-hydrogen) atoms. The van der Waals surface area contributed by atoms with Crippen LogP contribution in [0.25, 0.3) is 11.5 Å². The van der Waals surface area contributed by atoms with Gasteiger partial charge >= 0.3 is 6.18 Å². The van der Waals surface area contributed by atoms with Crippen LogP contribution in [0.5, 0.6) is 0 Å². The molecule has 4 rings (SSSR count). The van der Waals surface area contributed by atoms with Gasteiger partial charge < -0.3 is 9.73 Å². The van der Waals surface area contributed by atoms with E-state index in [1.807, 2.05) is 12.1 Å². The maximum absolute atomic E-state index is 12.6. The van der Waals surface area contributed by atoms with Crippen LogP contribution in [-0.2, 0) is 6.18 Å². The number of aromatic nitrogens is 3. The van der Waals surface area contributed by atoms with Gasteiger partial charge in [0.05, 0.1) is 5.56 Å². The fourth-order valence-electron chi connectivity index (χ4n) is 3.76. The van der Waals surface area contributed by atoms with Gasteiger partial charge in [-0.15, -0.1) is 10.2 Å². The monoisotopic (exact) mass is 464 g/mol. The molecule has 0 unspecified atom stereocenters. The predicted molar refractivity (Wildman–Crippen MR) is 111 cm³/mol. The van der Waals surface area contributed by atoms with Crippen molar-refractivity contribution in [3.8, 4) is 11.5 Å². The predicted octanol–water partition coefficient (Wildman–Crippen LogP) is 5.51. The molecule has 168 valence electrons. The average Bonchev–Trinajstić information content (AvgIpc) is 3.28. The van der Waals surface area contributed by atoms with Gasteiger partial charge in [-0.2, -0.15) is 13.2 Å². The molecule has 1 aliphatic carbocycles. The van der Waals surface area contributed by atoms with Gasteiger partial charge in [0.2, 0.25) is 11.8 Å². The number of pyridine rings is 1. The van der Waals surface area contributed by atoms with Crippen LogP contribution in [0.4, 0.5) is 13.2 Å². The first-order valence-electron chi connectivity index (χ1n) is 10.2. The van der Waals surface area contributed by atoms with Crippen LogP contribution < -0.4 is 5.32 Å². The van der Waals surface area contributed by atoms with Crippen LogP contribution in [0.15, 0.2) is 47.0 Å². The van der Waals surface area contributed by atoms with Gasteiger partial charge in [0.15, 0.2) is 0 Å². The molecule has 6 nitrogen and oxygen atoms in total. The van der Waals surface area contributed by atoms with Gasteiger partial charge in [-0.05, 0) is 68.0 Å². The standard InChI is InChI=1S/C22H20ClF3N4O2/c23-17-8-5-15(6-9-17)21-30-29-20(32-21)14-3-1-13(2-4-14)11-28-19(31)16-7-10-18(27-12-16)22(24,25)26/h5-10,12-14H,1-4,11H2,(H,28,31). The van der Waals surface area contributed by atoms with Crippen LogP contribution >= 0.6 is 11.6 Å². The summed E-state index contributed by atoms with van der Waals surface area (Å²) in [6.07, 6.45) is -0.135. The Morgan fingerprint density at radius 1 is 1.06 bits per heavy atom. The zero-order chi connectivity index (χ0) is 22.7. The van der Waals surface area contributed by atoms with Gasteiger partial charge in [0.1, 0.15) is 5.69 Å². The minimum absolute atomic E-state index is 0.104. The van der Waals surface area contributed by atoms with E-state index < -0.39 is 17.8 Å². The first-order chi connectivity index (χ1) is 15.3. The third-order valence-electron chi connectivity index (χ3n) is 5.60. The van der Waals surface area contributed by atoms with Crippen LogP contribution in [0.1, 0.15) is 53.5 Å². The van der Waals surface area contributed by atoms with E-state index in [0.29, 0.717) is 23.3 Å². The summed E-state index contributed by atoms with van der Waals surface area (Å²) in [4.78, 5) is 15.5. The number of benzene rings is 1. The fraction of sp³-hybridized carbons (Fsp3) is 0.364. The lowest BCUT2D eigenvalue weighted by Crippen LogP contribution is -2.31. The van der Waals surface area contributed by atoms with Crippen LogP contribution in [0.3, 0.4) is 0 Å². The Kier molecular flexibility index (Phi) is 6.45. The van der Waals surface area contributed by atoms with E-state index in [1.54, 1.807) is 12.1 Å². The molecule has 1 N–H and O–H groups in total. The zero-order valence-electron chi connectivity index (χ0n) is 16.9. The number of nitrogens with zero attached hydrogens (tertiary/aromatic N) is 3. The van der Waals surface area contributed by atoms with Gasteiger partial charge in [-0.25, -0.2) is 0 Å². The Balaban J connectivity index is 1.26. The van der Waals surface area contributed by atoms with Crippen molar-refractivity contribution < 1.29 is 22.4 Å². The Bertz CT molecular complexity index is 1060. The molecule has 0 spiro atoms. The maximum Gasteiger partial charge on any atom is 0.433 e. The highest BCUT2D eigenvalue weighted by molar-refractivity contribution is 6.30. The summed E-state index contributed by atoms with van der Waals surface area (Å²) >= 11 is 5.91. The van der Waals surface area contributed by atoms with Crippen molar-refractivity contribution in [3.05, 3.63) is 64.8 Å². The number of alkyl halides is 3. The largest absolute Gasteiger partial charge is 0.433 e. The number of halogens is 4. The zero-order valence-corrected chi connectivity index (χ0v) is 17.7. The summed E-state index contributed by atoms with van der Waals surface area (Å²) in [5.41, 5.74) is -0.109. The summed E-state index contributed by atoms with van der Waals surface area (Å²) in [5, 5.41) is 11.7. The molecule has 1 saturated carbocycles. The molecule has 0 saturated heterocycles. The highest BCUT2D eigenvalue weighted by atomic mass is 35.5. The number of nitrogens with one attached hydrogen (secondary N) is 1. The van der Waals surface area contributed by atoms with Crippen molar-refractivity contribution in [2.75, 3.05) is 6.54 Å². The second-order valence-corrected chi connectivity index (χ2v) is 8.25. The van der Waals surface area contributed by atoms with Crippen LogP contribution in [-0.4, -0.2) is 27.6 Å². The van der Waals surface area contributed by atoms with Crippen molar-refractivity contribution in [2.24, 2.45) is 5.92 Å². The van der Waals surface area contributed by atoms with Gasteiger partial charge in [-0.1, -0.05) is 11.6 Å². The number of rotatable bonds is 5. The molecule has 2 aromatic heterocycles. The minimum Gasteiger partial charge on any atom is -0.420 e. The van der Waals surface area contributed by atoms with Crippen molar-refractivity contribution in [1.29, 1.82) is 0 Å². The number of hydrogen-bond donors (Lipinski definition) is 1. The molecule has 2 heterocycles. The lowest BCUT2D eigenvalue weighted by atomic mass is 9.82. The van der Waals surface area contributed by atoms with Gasteiger partial charge in [0, 0.05) is 29.2 Å². The van der Waals surface area contributed by atoms with E-state index in [-0.39, 0.29) is 17.4 Å². The smallest absolute Gasteiger partial charge is 0.420 e. The number of hydrogen-bond acceptors (Lipinski definition) is 5. The van der Waals surface area contributed by atoms with E-state index in [2.05, 4.69) is 20.5 Å². The average molecular weight is 465 g/mol. The van der Waals surface area contributed by atoms with Crippen LogP contribution in [0, 0.1) is 5.92 Å². The number of carbonyl (C=O) groups excluding carboxylic acids is 1. The first kappa shape index (κ1) is 22.3. The third kappa shape index (κ3) is 5.27. The quantitative estimate of drug-likeness (QED) is 0.538. The lowest BCUT2D eigenvalue weighted by Gasteiger charge is -2.26. The summed E-state index contributed by atoms with van der Waals surface area (Å²) in [5.74, 6) is 1.06. The molecule has 0 atom stereocenters. The number of amides is 1. The normalized spacial score (nSPS) is 19.0. The Morgan fingerprint density at radius 2 is 1.78 bits per heavy atom. The van der Waals surface area contributed by atoms with Crippen molar-refractivity contribution in [1.82, 2.24) is 20.5 Å². The molecule has 1 amide bonds. The molecule has 10 heteroatoms. The molecule has 1 aliphatic rings. The molecule has 0 aliphatic heterocycles. The Hall–Kier alpha value is -2.94. The molecule has 3 aromatic rings. The van der Waals surface area contributed by atoms with E-state index >= 15 is 0 Å². The van der Waals surface area contributed by atoms with E-state index in [1.165, 1.54) is 0 Å². The van der Waals surface area contributed by atoms with Crippen molar-refractivity contribution >= 4 is 17.5 Å². The van der Waals surface area contributed by atoms with E-state index in [9.17, 15) is 18.0 Å². The highest BCUT2D eigenvalue weighted by Gasteiger charge is 2.32. The summed E-state index contributed by atoms with van der Waals surface area (Å²) < 4.78 is 43.6. The van der Waals surface area contributed by atoms with Gasteiger partial charge in [0.25, 0.3) is 5.91 Å². The summed E-state index contributed by atoms with van der Waals surface area (Å²) in [6.45, 7) is 0.451. The second-order valence-electron chi connectivity index (χ2n) is 7.81. The van der Waals surface area contributed by atoms with Gasteiger partial charge in [-0.3, -0.25) is 9.78 Å². The van der Waals surface area contributed by atoms with E-state index in [0.717, 1.165) is 49.6 Å². The van der Waals surface area contributed by atoms with Crippen molar-refractivity contribution in [2.45, 2.75) is 37.8 Å². The second kappa shape index (κ2) is 9.28. The molecule has 1 fully saturated rings. The molecule has 1 aromatic carbocycles. The van der Waals surface area contributed by atoms with E-state index in [4.69, 9.17) is 16.0 Å². The minimum atomic E-state index is -4.53. The maximum atomic E-state index is 12.6. The first-order valence-corrected chi connectivity index (χ1v) is 10.6. The summed E-state index contributed by atoms with van der Waals surface area (Å²) in [7, 11) is 0.